The van der Waals surface area contributed by atoms with Crippen molar-refractivity contribution in [3.05, 3.63) is 16.6 Å². The van der Waals surface area contributed by atoms with Crippen LogP contribution in [0.2, 0.25) is 0 Å². The molecule has 1 atom stereocenters. The number of likely N-dealkylation sites (tertiary alicyclic amines) is 1. The molecule has 6 heteroatoms. The molecular formula is C11H15N3O2S. The summed E-state index contributed by atoms with van der Waals surface area (Å²) in [7, 11) is 0. The quantitative estimate of drug-likeness (QED) is 0.805. The van der Waals surface area contributed by atoms with Crippen LogP contribution in [0.4, 0.5) is 0 Å². The standard InChI is InChI=1S/C11H15N3O2S/c1-7(2)14-10(15)3-9(11(14)16)12-4-8-5-17-6-13-8/h5-7,9,12H,3-4H2,1-2H3. The zero-order valence-electron chi connectivity index (χ0n) is 9.84. The molecule has 1 unspecified atom stereocenters. The summed E-state index contributed by atoms with van der Waals surface area (Å²) in [6, 6.07) is -0.465. The molecule has 92 valence electrons. The summed E-state index contributed by atoms with van der Waals surface area (Å²) in [4.78, 5) is 29.0. The first-order valence-electron chi connectivity index (χ1n) is 5.56. The third-order valence-corrected chi connectivity index (χ3v) is 3.35. The minimum absolute atomic E-state index is 0.0685. The number of carbonyl (C=O) groups is 2. The van der Waals surface area contributed by atoms with Gasteiger partial charge < -0.3 is 0 Å². The van der Waals surface area contributed by atoms with Crippen LogP contribution in [0, 0.1) is 0 Å². The van der Waals surface area contributed by atoms with Gasteiger partial charge in [0.1, 0.15) is 0 Å². The van der Waals surface area contributed by atoms with Gasteiger partial charge in [-0.1, -0.05) is 0 Å². The monoisotopic (exact) mass is 253 g/mol. The number of hydrogen-bond acceptors (Lipinski definition) is 5. The van der Waals surface area contributed by atoms with E-state index in [0.29, 0.717) is 6.54 Å². The van der Waals surface area contributed by atoms with Crippen molar-refractivity contribution >= 4 is 23.2 Å². The zero-order valence-corrected chi connectivity index (χ0v) is 10.7. The molecule has 0 bridgehead atoms. The maximum Gasteiger partial charge on any atom is 0.247 e. The van der Waals surface area contributed by atoms with Gasteiger partial charge in [-0.05, 0) is 13.8 Å². The van der Waals surface area contributed by atoms with E-state index in [1.54, 1.807) is 5.51 Å². The molecule has 0 saturated carbocycles. The fraction of sp³-hybridized carbons (Fsp3) is 0.545. The Morgan fingerprint density at radius 1 is 1.59 bits per heavy atom. The number of rotatable bonds is 4. The SMILES string of the molecule is CC(C)N1C(=O)CC(NCc2cscn2)C1=O. The summed E-state index contributed by atoms with van der Waals surface area (Å²) in [6.45, 7) is 4.22. The Kier molecular flexibility index (Phi) is 3.54. The summed E-state index contributed by atoms with van der Waals surface area (Å²) in [5.74, 6) is -0.221. The van der Waals surface area contributed by atoms with Gasteiger partial charge in [0.15, 0.2) is 0 Å². The molecule has 5 nitrogen and oxygen atoms in total. The van der Waals surface area contributed by atoms with Gasteiger partial charge in [-0.2, -0.15) is 0 Å². The van der Waals surface area contributed by atoms with Gasteiger partial charge >= 0.3 is 0 Å². The highest BCUT2D eigenvalue weighted by Gasteiger charge is 2.39. The number of thiazole rings is 1. The van der Waals surface area contributed by atoms with Gasteiger partial charge in [-0.15, -0.1) is 11.3 Å². The molecule has 0 aromatic carbocycles. The fourth-order valence-electron chi connectivity index (χ4n) is 1.91. The van der Waals surface area contributed by atoms with E-state index >= 15 is 0 Å². The van der Waals surface area contributed by atoms with Crippen LogP contribution >= 0.6 is 11.3 Å². The van der Waals surface area contributed by atoms with Crippen LogP contribution in [0.1, 0.15) is 26.0 Å². The van der Waals surface area contributed by atoms with Gasteiger partial charge in [0.2, 0.25) is 11.8 Å². The molecule has 0 spiro atoms. The van der Waals surface area contributed by atoms with E-state index in [2.05, 4.69) is 10.3 Å². The van der Waals surface area contributed by atoms with Crippen LogP contribution in [-0.4, -0.2) is 33.8 Å². The lowest BCUT2D eigenvalue weighted by atomic mass is 10.2. The highest BCUT2D eigenvalue weighted by Crippen LogP contribution is 2.16. The average Bonchev–Trinajstić information content (AvgIpc) is 2.84. The number of carbonyl (C=O) groups excluding carboxylic acids is 2. The molecule has 2 heterocycles. The van der Waals surface area contributed by atoms with Crippen LogP contribution in [-0.2, 0) is 16.1 Å². The molecule has 1 N–H and O–H groups in total. The first kappa shape index (κ1) is 12.2. The predicted octanol–water partition coefficient (Wildman–Crippen LogP) is 0.769. The Morgan fingerprint density at radius 3 is 2.88 bits per heavy atom. The van der Waals surface area contributed by atoms with Crippen LogP contribution in [0.15, 0.2) is 10.9 Å². The molecule has 1 aliphatic rings. The van der Waals surface area contributed by atoms with Gasteiger partial charge in [-0.3, -0.25) is 19.8 Å². The molecule has 2 amide bonds. The summed E-state index contributed by atoms with van der Waals surface area (Å²) < 4.78 is 0. The Balaban J connectivity index is 1.95. The van der Waals surface area contributed by atoms with Crippen LogP contribution in [0.5, 0.6) is 0 Å². The van der Waals surface area contributed by atoms with Gasteiger partial charge in [0.05, 0.1) is 23.7 Å². The largest absolute Gasteiger partial charge is 0.300 e. The molecule has 0 radical (unpaired) electrons. The molecule has 17 heavy (non-hydrogen) atoms. The Labute approximate surface area is 104 Å². The molecule has 0 aliphatic carbocycles. The van der Waals surface area contributed by atoms with Crippen molar-refractivity contribution in [2.45, 2.75) is 38.9 Å². The molecule has 1 saturated heterocycles. The number of nitrogens with zero attached hydrogens (tertiary/aromatic N) is 2. The van der Waals surface area contributed by atoms with Crippen molar-refractivity contribution in [1.29, 1.82) is 0 Å². The third kappa shape index (κ3) is 2.53. The highest BCUT2D eigenvalue weighted by atomic mass is 32.1. The summed E-state index contributed by atoms with van der Waals surface area (Å²) in [6.07, 6.45) is 0.251. The molecule has 1 aromatic heterocycles. The van der Waals surface area contributed by atoms with E-state index in [0.717, 1.165) is 5.69 Å². The lowest BCUT2D eigenvalue weighted by Crippen LogP contribution is -2.41. The summed E-state index contributed by atoms with van der Waals surface area (Å²) >= 11 is 1.52. The molecule has 2 rings (SSSR count). The van der Waals surface area contributed by atoms with Crippen LogP contribution in [0.25, 0.3) is 0 Å². The van der Waals surface area contributed by atoms with E-state index in [9.17, 15) is 9.59 Å². The second-order valence-electron chi connectivity index (χ2n) is 4.31. The lowest BCUT2D eigenvalue weighted by molar-refractivity contribution is -0.140. The van der Waals surface area contributed by atoms with Crippen molar-refractivity contribution < 1.29 is 9.59 Å². The Bertz CT molecular complexity index is 416. The van der Waals surface area contributed by atoms with E-state index in [4.69, 9.17) is 0 Å². The van der Waals surface area contributed by atoms with Crippen molar-refractivity contribution in [3.8, 4) is 0 Å². The van der Waals surface area contributed by atoms with E-state index < -0.39 is 6.04 Å². The minimum Gasteiger partial charge on any atom is -0.300 e. The van der Waals surface area contributed by atoms with Crippen molar-refractivity contribution in [2.24, 2.45) is 0 Å². The van der Waals surface area contributed by atoms with Crippen LogP contribution < -0.4 is 5.32 Å². The lowest BCUT2D eigenvalue weighted by Gasteiger charge is -2.19. The van der Waals surface area contributed by atoms with E-state index in [1.165, 1.54) is 16.2 Å². The highest BCUT2D eigenvalue weighted by molar-refractivity contribution is 7.07. The number of imide groups is 1. The second kappa shape index (κ2) is 4.93. The van der Waals surface area contributed by atoms with Crippen molar-refractivity contribution in [1.82, 2.24) is 15.2 Å². The molecular weight excluding hydrogens is 238 g/mol. The van der Waals surface area contributed by atoms with Crippen LogP contribution in [0.3, 0.4) is 0 Å². The minimum atomic E-state index is -0.397. The number of aromatic nitrogens is 1. The maximum absolute atomic E-state index is 11.9. The van der Waals surface area contributed by atoms with E-state index in [-0.39, 0.29) is 24.3 Å². The average molecular weight is 253 g/mol. The van der Waals surface area contributed by atoms with Gasteiger partial charge in [0, 0.05) is 18.0 Å². The fourth-order valence-corrected chi connectivity index (χ4v) is 2.46. The van der Waals surface area contributed by atoms with Crippen molar-refractivity contribution in [3.63, 3.8) is 0 Å². The van der Waals surface area contributed by atoms with Gasteiger partial charge in [-0.25, -0.2) is 4.98 Å². The molecule has 1 fully saturated rings. The Morgan fingerprint density at radius 2 is 2.35 bits per heavy atom. The first-order valence-corrected chi connectivity index (χ1v) is 6.50. The normalized spacial score (nSPS) is 20.6. The zero-order chi connectivity index (χ0) is 12.4. The molecule has 1 aliphatic heterocycles. The summed E-state index contributed by atoms with van der Waals surface area (Å²) in [5, 5.41) is 5.01. The molecule has 1 aromatic rings. The third-order valence-electron chi connectivity index (χ3n) is 2.71. The summed E-state index contributed by atoms with van der Waals surface area (Å²) in [5.41, 5.74) is 2.65. The first-order chi connectivity index (χ1) is 8.09. The topological polar surface area (TPSA) is 62.3 Å². The predicted molar refractivity (Wildman–Crippen MR) is 64.3 cm³/mol. The smallest absolute Gasteiger partial charge is 0.247 e. The number of hydrogen-bond donors (Lipinski definition) is 1. The maximum atomic E-state index is 11.9. The number of amides is 2. The van der Waals surface area contributed by atoms with Crippen molar-refractivity contribution in [2.75, 3.05) is 0 Å². The van der Waals surface area contributed by atoms with Gasteiger partial charge in [0.25, 0.3) is 0 Å². The number of nitrogens with one attached hydrogen (secondary N) is 1. The Hall–Kier alpha value is -1.27. The second-order valence-corrected chi connectivity index (χ2v) is 5.03. The van der Waals surface area contributed by atoms with E-state index in [1.807, 2.05) is 19.2 Å².